The molecule has 1 aromatic rings. The summed E-state index contributed by atoms with van der Waals surface area (Å²) in [5, 5.41) is 42.3. The average Bonchev–Trinajstić information content (AvgIpc) is 2.57. The number of carboxylic acid groups (broad SMARTS) is 4. The van der Waals surface area contributed by atoms with Crippen LogP contribution in [0.5, 0.6) is 0 Å². The summed E-state index contributed by atoms with van der Waals surface area (Å²) in [7, 11) is 1.18. The van der Waals surface area contributed by atoms with Crippen molar-refractivity contribution in [2.75, 3.05) is 0 Å². The molecule has 11 nitrogen and oxygen atoms in total. The van der Waals surface area contributed by atoms with Gasteiger partial charge in [0, 0.05) is 7.05 Å². The van der Waals surface area contributed by atoms with Gasteiger partial charge in [-0.1, -0.05) is 0 Å². The molecular weight excluding hydrogens is 278 g/mol. The van der Waals surface area contributed by atoms with E-state index < -0.39 is 47.1 Å². The second-order valence-corrected chi connectivity index (χ2v) is 3.68. The summed E-state index contributed by atoms with van der Waals surface area (Å²) in [5.41, 5.74) is -1.47. The van der Waals surface area contributed by atoms with Gasteiger partial charge in [0.15, 0.2) is 11.8 Å². The molecule has 4 N–H and O–H groups in total. The van der Waals surface area contributed by atoms with E-state index in [2.05, 4.69) is 10.2 Å². The third-order valence-electron chi connectivity index (χ3n) is 2.30. The summed E-state index contributed by atoms with van der Waals surface area (Å²) in [4.78, 5) is 44.4. The first-order chi connectivity index (χ1) is 9.16. The second-order valence-electron chi connectivity index (χ2n) is 3.68. The minimum atomic E-state index is -2.21. The van der Waals surface area contributed by atoms with Crippen LogP contribution < -0.4 is 0 Å². The first kappa shape index (κ1) is 15.1. The topological polar surface area (TPSA) is 180 Å². The molecule has 0 amide bonds. The van der Waals surface area contributed by atoms with Gasteiger partial charge >= 0.3 is 23.9 Å². The molecule has 0 aliphatic heterocycles. The number of carbonyl (C=O) groups is 4. The van der Waals surface area contributed by atoms with Crippen LogP contribution in [0, 0.1) is 0 Å². The lowest BCUT2D eigenvalue weighted by Crippen LogP contribution is -2.27. The maximum Gasteiger partial charge on any atom is 0.324 e. The molecule has 0 aliphatic rings. The molecule has 0 spiro atoms. The smallest absolute Gasteiger partial charge is 0.324 e. The van der Waals surface area contributed by atoms with Crippen molar-refractivity contribution in [1.29, 1.82) is 0 Å². The maximum absolute atomic E-state index is 10.9. The Morgan fingerprint density at radius 1 is 0.800 bits per heavy atom. The van der Waals surface area contributed by atoms with Gasteiger partial charge in [-0.2, -0.15) is 15.0 Å². The Hall–Kier alpha value is -2.98. The SMILES string of the molecule is Cn1nc(C(C(=O)O)C(=O)O)c(C(C(=O)O)C(=O)O)n1. The number of aliphatic carboxylic acids is 4. The number of hydrogen-bond acceptors (Lipinski definition) is 6. The predicted octanol–water partition coefficient (Wildman–Crippen LogP) is -1.68. The minimum absolute atomic E-state index is 0.711. The highest BCUT2D eigenvalue weighted by atomic mass is 16.4. The zero-order valence-electron chi connectivity index (χ0n) is 9.92. The summed E-state index contributed by atoms with van der Waals surface area (Å²) in [6, 6.07) is 0. The number of aryl methyl sites for hydroxylation is 1. The number of rotatable bonds is 6. The van der Waals surface area contributed by atoms with Gasteiger partial charge in [-0.25, -0.2) is 0 Å². The molecule has 0 fully saturated rings. The van der Waals surface area contributed by atoms with E-state index >= 15 is 0 Å². The van der Waals surface area contributed by atoms with Gasteiger partial charge in [-0.05, 0) is 0 Å². The fourth-order valence-corrected chi connectivity index (χ4v) is 1.53. The van der Waals surface area contributed by atoms with E-state index in [0.717, 1.165) is 0 Å². The lowest BCUT2D eigenvalue weighted by atomic mass is 9.96. The van der Waals surface area contributed by atoms with Crippen LogP contribution in [0.4, 0.5) is 0 Å². The molecule has 0 aliphatic carbocycles. The molecule has 0 saturated carbocycles. The molecule has 1 rings (SSSR count). The Bertz CT molecular complexity index is 515. The van der Waals surface area contributed by atoms with Gasteiger partial charge < -0.3 is 20.4 Å². The quantitative estimate of drug-likeness (QED) is 0.441. The molecule has 11 heteroatoms. The molecule has 0 bridgehead atoms. The van der Waals surface area contributed by atoms with Crippen molar-refractivity contribution in [3.05, 3.63) is 11.4 Å². The Balaban J connectivity index is 3.50. The molecule has 0 aromatic carbocycles. The number of aromatic nitrogens is 3. The third kappa shape index (κ3) is 2.71. The Morgan fingerprint density at radius 3 is 1.25 bits per heavy atom. The Labute approximate surface area is 110 Å². The van der Waals surface area contributed by atoms with E-state index in [1.54, 1.807) is 0 Å². The predicted molar refractivity (Wildman–Crippen MR) is 57.0 cm³/mol. The zero-order valence-corrected chi connectivity index (χ0v) is 9.92. The first-order valence-electron chi connectivity index (χ1n) is 4.99. The molecule has 1 aromatic heterocycles. The lowest BCUT2D eigenvalue weighted by Gasteiger charge is -2.08. The summed E-state index contributed by atoms with van der Waals surface area (Å²) >= 11 is 0. The fourth-order valence-electron chi connectivity index (χ4n) is 1.53. The molecule has 0 unspecified atom stereocenters. The Kier molecular flexibility index (Phi) is 4.02. The molecule has 108 valence electrons. The summed E-state index contributed by atoms with van der Waals surface area (Å²) in [6.07, 6.45) is 0. The van der Waals surface area contributed by atoms with Crippen LogP contribution in [0.25, 0.3) is 0 Å². The molecule has 0 atom stereocenters. The van der Waals surface area contributed by atoms with E-state index in [-0.39, 0.29) is 0 Å². The van der Waals surface area contributed by atoms with Gasteiger partial charge in [-0.3, -0.25) is 19.2 Å². The molecule has 0 radical (unpaired) electrons. The van der Waals surface area contributed by atoms with Crippen molar-refractivity contribution < 1.29 is 39.6 Å². The lowest BCUT2D eigenvalue weighted by molar-refractivity contribution is -0.153. The zero-order chi connectivity index (χ0) is 15.6. The molecule has 20 heavy (non-hydrogen) atoms. The average molecular weight is 287 g/mol. The van der Waals surface area contributed by atoms with E-state index in [1.165, 1.54) is 7.05 Å². The highest BCUT2D eigenvalue weighted by Crippen LogP contribution is 2.24. The number of nitrogens with zero attached hydrogens (tertiary/aromatic N) is 3. The normalized spacial score (nSPS) is 10.8. The highest BCUT2D eigenvalue weighted by molar-refractivity contribution is 6.02. The van der Waals surface area contributed by atoms with Crippen molar-refractivity contribution in [2.24, 2.45) is 7.05 Å². The molecule has 1 heterocycles. The van der Waals surface area contributed by atoms with E-state index in [9.17, 15) is 19.2 Å². The summed E-state index contributed by atoms with van der Waals surface area (Å²) in [5.74, 6) is -11.7. The van der Waals surface area contributed by atoms with Crippen LogP contribution in [0.15, 0.2) is 0 Å². The van der Waals surface area contributed by atoms with Crippen molar-refractivity contribution >= 4 is 23.9 Å². The van der Waals surface area contributed by atoms with Crippen molar-refractivity contribution in [3.8, 4) is 0 Å². The minimum Gasteiger partial charge on any atom is -0.480 e. The standard InChI is InChI=1S/C9H9N3O8/c1-12-10-4(2(6(13)14)7(15)16)5(11-12)3(8(17)18)9(19)20/h2-3H,1H3,(H,13,14)(H,15,16)(H,17,18)(H,19,20). The summed E-state index contributed by atoms with van der Waals surface area (Å²) < 4.78 is 0. The molecule has 0 saturated heterocycles. The highest BCUT2D eigenvalue weighted by Gasteiger charge is 2.41. The van der Waals surface area contributed by atoms with Gasteiger partial charge in [0.25, 0.3) is 0 Å². The summed E-state index contributed by atoms with van der Waals surface area (Å²) in [6.45, 7) is 0. The van der Waals surface area contributed by atoms with E-state index in [1.807, 2.05) is 0 Å². The number of hydrogen-bond donors (Lipinski definition) is 4. The van der Waals surface area contributed by atoms with Crippen LogP contribution in [-0.4, -0.2) is 59.3 Å². The fraction of sp³-hybridized carbons (Fsp3) is 0.333. The second kappa shape index (κ2) is 5.34. The van der Waals surface area contributed by atoms with E-state index in [0.29, 0.717) is 4.80 Å². The first-order valence-corrected chi connectivity index (χ1v) is 4.99. The third-order valence-corrected chi connectivity index (χ3v) is 2.30. The maximum atomic E-state index is 10.9. The van der Waals surface area contributed by atoms with Crippen LogP contribution in [-0.2, 0) is 26.2 Å². The van der Waals surface area contributed by atoms with Gasteiger partial charge in [0.1, 0.15) is 11.4 Å². The van der Waals surface area contributed by atoms with Gasteiger partial charge in [0.2, 0.25) is 0 Å². The monoisotopic (exact) mass is 287 g/mol. The van der Waals surface area contributed by atoms with Crippen LogP contribution in [0.3, 0.4) is 0 Å². The van der Waals surface area contributed by atoms with Gasteiger partial charge in [0.05, 0.1) is 0 Å². The van der Waals surface area contributed by atoms with Crippen LogP contribution >= 0.6 is 0 Å². The van der Waals surface area contributed by atoms with Crippen LogP contribution in [0.1, 0.15) is 23.2 Å². The number of carboxylic acids is 4. The Morgan fingerprint density at radius 2 is 1.05 bits per heavy atom. The van der Waals surface area contributed by atoms with Crippen molar-refractivity contribution in [1.82, 2.24) is 15.0 Å². The van der Waals surface area contributed by atoms with Crippen molar-refractivity contribution in [2.45, 2.75) is 11.8 Å². The largest absolute Gasteiger partial charge is 0.480 e. The molecular formula is C9H9N3O8. The van der Waals surface area contributed by atoms with Crippen molar-refractivity contribution in [3.63, 3.8) is 0 Å². The van der Waals surface area contributed by atoms with E-state index in [4.69, 9.17) is 20.4 Å². The van der Waals surface area contributed by atoms with Crippen LogP contribution in [0.2, 0.25) is 0 Å². The van der Waals surface area contributed by atoms with Gasteiger partial charge in [-0.15, -0.1) is 0 Å².